The van der Waals surface area contributed by atoms with Crippen LogP contribution in [-0.2, 0) is 6.54 Å². The molecule has 0 saturated carbocycles. The number of thiophene rings is 1. The SMILES string of the molecule is Cl.NC(=O)c1csc(CN2CCNCC2c2cccnc2)c1. The summed E-state index contributed by atoms with van der Waals surface area (Å²) < 4.78 is 0. The lowest BCUT2D eigenvalue weighted by atomic mass is 10.1. The van der Waals surface area contributed by atoms with Gasteiger partial charge in [-0.25, -0.2) is 0 Å². The molecular weight excluding hydrogens is 320 g/mol. The Morgan fingerprint density at radius 2 is 2.41 bits per heavy atom. The van der Waals surface area contributed by atoms with Gasteiger partial charge in [-0.05, 0) is 17.7 Å². The van der Waals surface area contributed by atoms with Crippen molar-refractivity contribution >= 4 is 29.7 Å². The van der Waals surface area contributed by atoms with Crippen molar-refractivity contribution in [2.75, 3.05) is 19.6 Å². The molecule has 1 saturated heterocycles. The molecule has 2 aromatic heterocycles. The van der Waals surface area contributed by atoms with Crippen molar-refractivity contribution < 1.29 is 4.79 Å². The number of halogens is 1. The lowest BCUT2D eigenvalue weighted by molar-refractivity contribution is 0.100. The van der Waals surface area contributed by atoms with E-state index in [0.717, 1.165) is 26.2 Å². The van der Waals surface area contributed by atoms with Gasteiger partial charge in [0.15, 0.2) is 0 Å². The van der Waals surface area contributed by atoms with Gasteiger partial charge in [0, 0.05) is 54.9 Å². The van der Waals surface area contributed by atoms with E-state index in [1.807, 2.05) is 23.7 Å². The van der Waals surface area contributed by atoms with E-state index >= 15 is 0 Å². The Kier molecular flexibility index (Phi) is 5.90. The molecule has 0 aromatic carbocycles. The van der Waals surface area contributed by atoms with E-state index in [4.69, 9.17) is 5.73 Å². The van der Waals surface area contributed by atoms with Crippen LogP contribution in [0.1, 0.15) is 26.8 Å². The van der Waals surface area contributed by atoms with E-state index in [-0.39, 0.29) is 18.3 Å². The fraction of sp³-hybridized carbons (Fsp3) is 0.333. The normalized spacial score (nSPS) is 18.6. The number of hydrogen-bond acceptors (Lipinski definition) is 5. The second-order valence-corrected chi connectivity index (χ2v) is 6.14. The number of piperazine rings is 1. The lowest BCUT2D eigenvalue weighted by Crippen LogP contribution is -2.45. The molecule has 1 atom stereocenters. The predicted octanol–water partition coefficient (Wildman–Crippen LogP) is 1.81. The van der Waals surface area contributed by atoms with Crippen molar-refractivity contribution in [1.82, 2.24) is 15.2 Å². The second-order valence-electron chi connectivity index (χ2n) is 5.14. The third-order valence-corrected chi connectivity index (χ3v) is 4.64. The number of primary amides is 1. The first kappa shape index (κ1) is 16.9. The smallest absolute Gasteiger partial charge is 0.249 e. The van der Waals surface area contributed by atoms with Crippen LogP contribution in [0.4, 0.5) is 0 Å². The quantitative estimate of drug-likeness (QED) is 0.892. The Balaban J connectivity index is 0.00000176. The number of pyridine rings is 1. The van der Waals surface area contributed by atoms with Gasteiger partial charge in [0.25, 0.3) is 0 Å². The molecule has 118 valence electrons. The summed E-state index contributed by atoms with van der Waals surface area (Å²) in [5.41, 5.74) is 7.13. The molecule has 1 unspecified atom stereocenters. The molecule has 1 aliphatic heterocycles. The molecule has 5 nitrogen and oxygen atoms in total. The van der Waals surface area contributed by atoms with Gasteiger partial charge >= 0.3 is 0 Å². The summed E-state index contributed by atoms with van der Waals surface area (Å²) in [6.45, 7) is 3.70. The molecule has 7 heteroatoms. The fourth-order valence-corrected chi connectivity index (χ4v) is 3.53. The van der Waals surface area contributed by atoms with Crippen LogP contribution in [0.2, 0.25) is 0 Å². The molecule has 0 aliphatic carbocycles. The summed E-state index contributed by atoms with van der Waals surface area (Å²) >= 11 is 1.59. The maximum Gasteiger partial charge on any atom is 0.249 e. The number of carbonyl (C=O) groups is 1. The summed E-state index contributed by atoms with van der Waals surface area (Å²) in [4.78, 5) is 19.0. The van der Waals surface area contributed by atoms with Gasteiger partial charge in [-0.1, -0.05) is 6.07 Å². The number of nitrogens with two attached hydrogens (primary N) is 1. The highest BCUT2D eigenvalue weighted by molar-refractivity contribution is 7.10. The highest BCUT2D eigenvalue weighted by Crippen LogP contribution is 2.25. The summed E-state index contributed by atoms with van der Waals surface area (Å²) in [6, 6.07) is 6.29. The van der Waals surface area contributed by atoms with Crippen LogP contribution < -0.4 is 11.1 Å². The Hall–Kier alpha value is -1.47. The first-order valence-corrected chi connectivity index (χ1v) is 7.84. The second kappa shape index (κ2) is 7.69. The monoisotopic (exact) mass is 338 g/mol. The topological polar surface area (TPSA) is 71.2 Å². The van der Waals surface area contributed by atoms with Gasteiger partial charge in [0.2, 0.25) is 5.91 Å². The maximum absolute atomic E-state index is 11.2. The number of hydrogen-bond donors (Lipinski definition) is 2. The molecule has 3 N–H and O–H groups in total. The van der Waals surface area contributed by atoms with Crippen molar-refractivity contribution in [3.63, 3.8) is 0 Å². The molecule has 2 aromatic rings. The van der Waals surface area contributed by atoms with Gasteiger partial charge in [-0.3, -0.25) is 14.7 Å². The average Bonchev–Trinajstić information content (AvgIpc) is 2.98. The van der Waals surface area contributed by atoms with E-state index in [1.54, 1.807) is 17.5 Å². The molecule has 0 radical (unpaired) electrons. The number of nitrogens with one attached hydrogen (secondary N) is 1. The lowest BCUT2D eigenvalue weighted by Gasteiger charge is -2.36. The fourth-order valence-electron chi connectivity index (χ4n) is 2.63. The molecule has 1 aliphatic rings. The van der Waals surface area contributed by atoms with E-state index in [1.165, 1.54) is 10.4 Å². The first-order chi connectivity index (χ1) is 10.2. The largest absolute Gasteiger partial charge is 0.366 e. The van der Waals surface area contributed by atoms with Gasteiger partial charge in [-0.2, -0.15) is 0 Å². The van der Waals surface area contributed by atoms with Gasteiger partial charge in [0.1, 0.15) is 0 Å². The number of amides is 1. The minimum absolute atomic E-state index is 0. The predicted molar refractivity (Wildman–Crippen MR) is 90.3 cm³/mol. The van der Waals surface area contributed by atoms with Crippen LogP contribution in [0.5, 0.6) is 0 Å². The van der Waals surface area contributed by atoms with Crippen LogP contribution in [-0.4, -0.2) is 35.4 Å². The summed E-state index contributed by atoms with van der Waals surface area (Å²) in [5.74, 6) is -0.360. The number of carbonyl (C=O) groups excluding carboxylic acids is 1. The average molecular weight is 339 g/mol. The van der Waals surface area contributed by atoms with Crippen LogP contribution >= 0.6 is 23.7 Å². The van der Waals surface area contributed by atoms with Gasteiger partial charge < -0.3 is 11.1 Å². The third kappa shape index (κ3) is 3.84. The van der Waals surface area contributed by atoms with Crippen LogP contribution in [0.15, 0.2) is 36.0 Å². The number of nitrogens with zero attached hydrogens (tertiary/aromatic N) is 2. The van der Waals surface area contributed by atoms with Crippen LogP contribution in [0, 0.1) is 0 Å². The van der Waals surface area contributed by atoms with Crippen molar-refractivity contribution in [2.24, 2.45) is 5.73 Å². The Morgan fingerprint density at radius 1 is 1.55 bits per heavy atom. The van der Waals surface area contributed by atoms with Crippen molar-refractivity contribution in [3.05, 3.63) is 52.0 Å². The molecule has 0 bridgehead atoms. The van der Waals surface area contributed by atoms with Crippen molar-refractivity contribution in [3.8, 4) is 0 Å². The van der Waals surface area contributed by atoms with Gasteiger partial charge in [-0.15, -0.1) is 23.7 Å². The van der Waals surface area contributed by atoms with Crippen LogP contribution in [0.3, 0.4) is 0 Å². The maximum atomic E-state index is 11.2. The summed E-state index contributed by atoms with van der Waals surface area (Å²) in [6.07, 6.45) is 3.72. The minimum atomic E-state index is -0.360. The minimum Gasteiger partial charge on any atom is -0.366 e. The molecule has 1 amide bonds. The van der Waals surface area contributed by atoms with Crippen LogP contribution in [0.25, 0.3) is 0 Å². The molecule has 3 rings (SSSR count). The zero-order valence-electron chi connectivity index (χ0n) is 12.1. The standard InChI is InChI=1S/C15H18N4OS.ClH/c16-15(20)12-6-13(21-10-12)9-19-5-4-18-8-14(19)11-2-1-3-17-7-11;/h1-3,6-7,10,14,18H,4-5,8-9H2,(H2,16,20);1H. The van der Waals surface area contributed by atoms with E-state index in [9.17, 15) is 4.79 Å². The number of aromatic nitrogens is 1. The molecule has 0 spiro atoms. The molecular formula is C15H19ClN4OS. The van der Waals surface area contributed by atoms with E-state index in [2.05, 4.69) is 21.3 Å². The first-order valence-electron chi connectivity index (χ1n) is 6.96. The van der Waals surface area contributed by atoms with Crippen molar-refractivity contribution in [2.45, 2.75) is 12.6 Å². The molecule has 3 heterocycles. The zero-order valence-corrected chi connectivity index (χ0v) is 13.7. The summed E-state index contributed by atoms with van der Waals surface area (Å²) in [5, 5.41) is 5.26. The zero-order chi connectivity index (χ0) is 14.7. The van der Waals surface area contributed by atoms with E-state index < -0.39 is 0 Å². The third-order valence-electron chi connectivity index (χ3n) is 3.72. The summed E-state index contributed by atoms with van der Waals surface area (Å²) in [7, 11) is 0. The van der Waals surface area contributed by atoms with E-state index in [0.29, 0.717) is 11.6 Å². The Labute approximate surface area is 139 Å². The van der Waals surface area contributed by atoms with Gasteiger partial charge in [0.05, 0.1) is 5.56 Å². The Bertz CT molecular complexity index is 619. The molecule has 22 heavy (non-hydrogen) atoms. The highest BCUT2D eigenvalue weighted by atomic mass is 35.5. The van der Waals surface area contributed by atoms with Crippen molar-refractivity contribution in [1.29, 1.82) is 0 Å². The Morgan fingerprint density at radius 3 is 3.09 bits per heavy atom. The highest BCUT2D eigenvalue weighted by Gasteiger charge is 2.24. The number of rotatable bonds is 4. The molecule has 1 fully saturated rings.